The van der Waals surface area contributed by atoms with Crippen molar-refractivity contribution in [1.29, 1.82) is 0 Å². The lowest BCUT2D eigenvalue weighted by Gasteiger charge is -2.15. The number of rotatable bonds is 5. The fraction of sp³-hybridized carbons (Fsp3) is 0.778. The number of carbonyl (C=O) groups excluding carboxylic acids is 1. The van der Waals surface area contributed by atoms with Crippen molar-refractivity contribution in [3.05, 3.63) is 0 Å². The van der Waals surface area contributed by atoms with Crippen molar-refractivity contribution in [2.75, 3.05) is 19.0 Å². The van der Waals surface area contributed by atoms with Crippen LogP contribution in [-0.4, -0.2) is 40.9 Å². The van der Waals surface area contributed by atoms with Crippen LogP contribution in [0.4, 0.5) is 0 Å². The predicted octanol–water partition coefficient (Wildman–Crippen LogP) is 0.939. The smallest absolute Gasteiger partial charge is 0.303 e. The van der Waals surface area contributed by atoms with E-state index in [4.69, 9.17) is 16.7 Å². The lowest BCUT2D eigenvalue weighted by Crippen LogP contribution is -2.26. The molecular formula is C9H14ClNO3. The predicted molar refractivity (Wildman–Crippen MR) is 52.3 cm³/mol. The fourth-order valence-corrected chi connectivity index (χ4v) is 1.80. The zero-order valence-corrected chi connectivity index (χ0v) is 8.66. The van der Waals surface area contributed by atoms with Crippen molar-refractivity contribution in [3.8, 4) is 0 Å². The largest absolute Gasteiger partial charge is 0.481 e. The Hall–Kier alpha value is -0.770. The number of halogens is 1. The van der Waals surface area contributed by atoms with E-state index in [-0.39, 0.29) is 18.2 Å². The Morgan fingerprint density at radius 3 is 2.86 bits per heavy atom. The quantitative estimate of drug-likeness (QED) is 0.701. The molecule has 1 unspecified atom stereocenters. The van der Waals surface area contributed by atoms with Gasteiger partial charge in [0.2, 0.25) is 5.91 Å². The summed E-state index contributed by atoms with van der Waals surface area (Å²) in [6, 6.07) is 0. The lowest BCUT2D eigenvalue weighted by molar-refractivity contribution is -0.137. The van der Waals surface area contributed by atoms with Gasteiger partial charge >= 0.3 is 5.97 Å². The number of carboxylic acid groups (broad SMARTS) is 1. The van der Waals surface area contributed by atoms with Crippen molar-refractivity contribution < 1.29 is 14.7 Å². The number of carbonyl (C=O) groups is 2. The van der Waals surface area contributed by atoms with Crippen molar-refractivity contribution in [1.82, 2.24) is 4.90 Å². The standard InChI is InChI=1S/C9H14ClNO3/c10-5-7-4-8(12)11(6-7)3-1-2-9(13)14/h7H,1-6H2,(H,13,14). The van der Waals surface area contributed by atoms with Crippen LogP contribution in [0.3, 0.4) is 0 Å². The van der Waals surface area contributed by atoms with Gasteiger partial charge in [0.15, 0.2) is 0 Å². The third kappa shape index (κ3) is 3.18. The summed E-state index contributed by atoms with van der Waals surface area (Å²) in [7, 11) is 0. The van der Waals surface area contributed by atoms with Crippen molar-refractivity contribution in [3.63, 3.8) is 0 Å². The molecule has 1 amide bonds. The Balaban J connectivity index is 2.25. The first-order valence-electron chi connectivity index (χ1n) is 4.69. The van der Waals surface area contributed by atoms with E-state index < -0.39 is 5.97 Å². The van der Waals surface area contributed by atoms with Crippen LogP contribution in [0.2, 0.25) is 0 Å². The maximum absolute atomic E-state index is 11.3. The molecule has 1 aliphatic heterocycles. The van der Waals surface area contributed by atoms with Gasteiger partial charge in [-0.05, 0) is 12.3 Å². The van der Waals surface area contributed by atoms with Crippen LogP contribution in [0.1, 0.15) is 19.3 Å². The summed E-state index contributed by atoms with van der Waals surface area (Å²) >= 11 is 5.65. The summed E-state index contributed by atoms with van der Waals surface area (Å²) in [5.41, 5.74) is 0. The van der Waals surface area contributed by atoms with Gasteiger partial charge in [-0.3, -0.25) is 9.59 Å². The van der Waals surface area contributed by atoms with E-state index in [1.165, 1.54) is 0 Å². The first-order chi connectivity index (χ1) is 6.63. The van der Waals surface area contributed by atoms with Crippen LogP contribution in [0.15, 0.2) is 0 Å². The average Bonchev–Trinajstić information content (AvgIpc) is 2.47. The molecule has 0 bridgehead atoms. The fourth-order valence-electron chi connectivity index (χ4n) is 1.59. The molecule has 0 radical (unpaired) electrons. The van der Waals surface area contributed by atoms with Crippen molar-refractivity contribution in [2.24, 2.45) is 5.92 Å². The molecule has 1 saturated heterocycles. The lowest BCUT2D eigenvalue weighted by atomic mass is 10.1. The molecule has 1 rings (SSSR count). The summed E-state index contributed by atoms with van der Waals surface area (Å²) in [4.78, 5) is 23.3. The van der Waals surface area contributed by atoms with Gasteiger partial charge in [0.1, 0.15) is 0 Å². The maximum Gasteiger partial charge on any atom is 0.303 e. The van der Waals surface area contributed by atoms with Crippen LogP contribution in [0.25, 0.3) is 0 Å². The van der Waals surface area contributed by atoms with Crippen LogP contribution in [0.5, 0.6) is 0 Å². The molecule has 5 heteroatoms. The summed E-state index contributed by atoms with van der Waals surface area (Å²) < 4.78 is 0. The highest BCUT2D eigenvalue weighted by molar-refractivity contribution is 6.18. The third-order valence-corrected chi connectivity index (χ3v) is 2.77. The number of carboxylic acids is 1. The van der Waals surface area contributed by atoms with Crippen LogP contribution in [0, 0.1) is 5.92 Å². The van der Waals surface area contributed by atoms with Gasteiger partial charge < -0.3 is 10.0 Å². The molecule has 4 nitrogen and oxygen atoms in total. The van der Waals surface area contributed by atoms with Crippen LogP contribution in [-0.2, 0) is 9.59 Å². The van der Waals surface area contributed by atoms with Crippen LogP contribution < -0.4 is 0 Å². The van der Waals surface area contributed by atoms with E-state index in [9.17, 15) is 9.59 Å². The Bertz CT molecular complexity index is 232. The molecule has 1 aliphatic rings. The Labute approximate surface area is 87.8 Å². The molecule has 0 spiro atoms. The number of likely N-dealkylation sites (tertiary alicyclic amines) is 1. The van der Waals surface area contributed by atoms with Gasteiger partial charge in [-0.25, -0.2) is 0 Å². The van der Waals surface area contributed by atoms with Crippen LogP contribution >= 0.6 is 11.6 Å². The van der Waals surface area contributed by atoms with Gasteiger partial charge in [0.25, 0.3) is 0 Å². The zero-order chi connectivity index (χ0) is 10.6. The molecule has 0 saturated carbocycles. The number of nitrogens with zero attached hydrogens (tertiary/aromatic N) is 1. The minimum Gasteiger partial charge on any atom is -0.481 e. The van der Waals surface area contributed by atoms with Gasteiger partial charge in [-0.2, -0.15) is 0 Å². The molecule has 1 atom stereocenters. The van der Waals surface area contributed by atoms with Gasteiger partial charge in [-0.1, -0.05) is 0 Å². The molecular weight excluding hydrogens is 206 g/mol. The summed E-state index contributed by atoms with van der Waals surface area (Å²) in [5, 5.41) is 8.43. The minimum absolute atomic E-state index is 0.0982. The highest BCUT2D eigenvalue weighted by Gasteiger charge is 2.28. The SMILES string of the molecule is O=C(O)CCCN1CC(CCl)CC1=O. The van der Waals surface area contributed by atoms with Gasteiger partial charge in [0, 0.05) is 31.8 Å². The molecule has 14 heavy (non-hydrogen) atoms. The Kier molecular flexibility index (Phi) is 4.20. The molecule has 1 fully saturated rings. The van der Waals surface area contributed by atoms with E-state index in [1.54, 1.807) is 4.90 Å². The molecule has 0 aliphatic carbocycles. The highest BCUT2D eigenvalue weighted by atomic mass is 35.5. The highest BCUT2D eigenvalue weighted by Crippen LogP contribution is 2.19. The average molecular weight is 220 g/mol. The van der Waals surface area contributed by atoms with E-state index in [0.29, 0.717) is 31.8 Å². The minimum atomic E-state index is -0.814. The normalized spacial score (nSPS) is 21.6. The van der Waals surface area contributed by atoms with E-state index >= 15 is 0 Å². The van der Waals surface area contributed by atoms with Gasteiger partial charge in [0.05, 0.1) is 0 Å². The van der Waals surface area contributed by atoms with E-state index in [1.807, 2.05) is 0 Å². The molecule has 1 heterocycles. The number of alkyl halides is 1. The summed E-state index contributed by atoms with van der Waals surface area (Å²) in [6.45, 7) is 1.22. The second-order valence-corrected chi connectivity index (χ2v) is 3.87. The number of amides is 1. The first kappa shape index (κ1) is 11.3. The second-order valence-electron chi connectivity index (χ2n) is 3.56. The first-order valence-corrected chi connectivity index (χ1v) is 5.22. The van der Waals surface area contributed by atoms with Crippen molar-refractivity contribution >= 4 is 23.5 Å². The van der Waals surface area contributed by atoms with Gasteiger partial charge in [-0.15, -0.1) is 11.6 Å². The Morgan fingerprint density at radius 1 is 1.64 bits per heavy atom. The van der Waals surface area contributed by atoms with E-state index in [2.05, 4.69) is 0 Å². The van der Waals surface area contributed by atoms with E-state index in [0.717, 1.165) is 0 Å². The van der Waals surface area contributed by atoms with Crippen molar-refractivity contribution in [2.45, 2.75) is 19.3 Å². The molecule has 1 N–H and O–H groups in total. The number of aliphatic carboxylic acids is 1. The molecule has 0 aromatic heterocycles. The topological polar surface area (TPSA) is 57.6 Å². The molecule has 0 aromatic carbocycles. The number of hydrogen-bond acceptors (Lipinski definition) is 2. The third-order valence-electron chi connectivity index (χ3n) is 2.33. The monoisotopic (exact) mass is 219 g/mol. The Morgan fingerprint density at radius 2 is 2.36 bits per heavy atom. The zero-order valence-electron chi connectivity index (χ0n) is 7.91. The molecule has 0 aromatic rings. The summed E-state index contributed by atoms with van der Waals surface area (Å²) in [5.74, 6) is 0.0295. The summed E-state index contributed by atoms with van der Waals surface area (Å²) in [6.07, 6.45) is 1.15. The molecule has 80 valence electrons. The second kappa shape index (κ2) is 5.20. The maximum atomic E-state index is 11.3. The number of hydrogen-bond donors (Lipinski definition) is 1.